The van der Waals surface area contributed by atoms with Gasteiger partial charge in [-0.2, -0.15) is 0 Å². The fourth-order valence-electron chi connectivity index (χ4n) is 7.60. The Morgan fingerprint density at radius 3 is 2.47 bits per heavy atom. The molecule has 3 saturated heterocycles. The Bertz CT molecular complexity index is 678. The maximum atomic E-state index is 9.81. The summed E-state index contributed by atoms with van der Waals surface area (Å²) in [6.45, 7) is 7.32. The van der Waals surface area contributed by atoms with Crippen molar-refractivity contribution in [3.63, 3.8) is 0 Å². The molecule has 3 heterocycles. The minimum atomic E-state index is -0.173. The van der Waals surface area contributed by atoms with Gasteiger partial charge in [-0.25, -0.2) is 0 Å². The third-order valence-electron chi connectivity index (χ3n) is 9.71. The Hall–Kier alpha value is -0.770. The second-order valence-electron chi connectivity index (χ2n) is 11.7. The quantitative estimate of drug-likeness (QED) is 0.304. The van der Waals surface area contributed by atoms with E-state index in [9.17, 15) is 5.11 Å². The van der Waals surface area contributed by atoms with E-state index in [1.807, 2.05) is 7.11 Å². The maximum absolute atomic E-state index is 9.81. The van der Waals surface area contributed by atoms with E-state index in [-0.39, 0.29) is 6.10 Å². The monoisotopic (exact) mass is 476 g/mol. The van der Waals surface area contributed by atoms with Crippen LogP contribution < -0.4 is 16.0 Å². The molecule has 2 saturated carbocycles. The van der Waals surface area contributed by atoms with E-state index in [0.717, 1.165) is 76.6 Å². The zero-order valence-electron chi connectivity index (χ0n) is 21.3. The lowest BCUT2D eigenvalue weighted by atomic mass is 9.76. The lowest BCUT2D eigenvalue weighted by Gasteiger charge is -2.45. The molecular formula is C26H48N6O2. The highest BCUT2D eigenvalue weighted by atomic mass is 16.5. The van der Waals surface area contributed by atoms with Gasteiger partial charge in [0, 0.05) is 57.8 Å². The number of ether oxygens (including phenoxy) is 1. The number of amidine groups is 1. The van der Waals surface area contributed by atoms with Crippen LogP contribution in [0.1, 0.15) is 64.7 Å². The van der Waals surface area contributed by atoms with Crippen LogP contribution >= 0.6 is 0 Å². The first-order chi connectivity index (χ1) is 16.5. The van der Waals surface area contributed by atoms with Gasteiger partial charge in [-0.15, -0.1) is 0 Å². The molecule has 0 aromatic heterocycles. The molecule has 5 fully saturated rings. The van der Waals surface area contributed by atoms with Crippen LogP contribution in [0.15, 0.2) is 0 Å². The number of aliphatic hydroxyl groups excluding tert-OH is 1. The van der Waals surface area contributed by atoms with E-state index < -0.39 is 0 Å². The van der Waals surface area contributed by atoms with Crippen molar-refractivity contribution >= 4 is 5.84 Å². The fraction of sp³-hybridized carbons (Fsp3) is 0.962. The Morgan fingerprint density at radius 2 is 1.76 bits per heavy atom. The predicted octanol–water partition coefficient (Wildman–Crippen LogP) is 1.55. The second kappa shape index (κ2) is 11.1. The highest BCUT2D eigenvalue weighted by Crippen LogP contribution is 2.35. The molecule has 0 spiro atoms. The van der Waals surface area contributed by atoms with Crippen LogP contribution in [-0.2, 0) is 4.74 Å². The first-order valence-electron chi connectivity index (χ1n) is 14.1. The molecule has 8 heteroatoms. The average Bonchev–Trinajstić information content (AvgIpc) is 3.29. The number of methoxy groups -OCH3 is 1. The number of hydrogen-bond donors (Lipinski definition) is 5. The molecule has 0 bridgehead atoms. The van der Waals surface area contributed by atoms with Gasteiger partial charge in [0.2, 0.25) is 0 Å². The predicted molar refractivity (Wildman–Crippen MR) is 135 cm³/mol. The zero-order chi connectivity index (χ0) is 23.7. The summed E-state index contributed by atoms with van der Waals surface area (Å²) in [4.78, 5) is 4.98. The Kier molecular flexibility index (Phi) is 8.13. The molecule has 5 rings (SSSR count). The van der Waals surface area contributed by atoms with Gasteiger partial charge < -0.3 is 14.7 Å². The molecule has 0 aromatic carbocycles. The van der Waals surface area contributed by atoms with Gasteiger partial charge in [-0.1, -0.05) is 6.92 Å². The second-order valence-corrected chi connectivity index (χ2v) is 11.7. The molecule has 6 unspecified atom stereocenters. The number of piperidine rings is 1. The molecule has 0 radical (unpaired) electrons. The lowest BCUT2D eigenvalue weighted by Crippen LogP contribution is -2.67. The van der Waals surface area contributed by atoms with Crippen LogP contribution in [0.25, 0.3) is 0 Å². The number of nitrogens with one attached hydrogen (secondary N) is 4. The molecule has 5 N–H and O–H groups in total. The number of rotatable bonds is 5. The topological polar surface area (TPSA) is 95.9 Å². The Labute approximate surface area is 206 Å². The van der Waals surface area contributed by atoms with Crippen LogP contribution in [0.5, 0.6) is 0 Å². The molecule has 0 amide bonds. The van der Waals surface area contributed by atoms with Crippen molar-refractivity contribution < 1.29 is 9.84 Å². The molecule has 194 valence electrons. The van der Waals surface area contributed by atoms with Crippen molar-refractivity contribution in [2.45, 2.75) is 101 Å². The summed E-state index contributed by atoms with van der Waals surface area (Å²) in [6, 6.07) is 1.17. The van der Waals surface area contributed by atoms with Crippen LogP contribution in [0.3, 0.4) is 0 Å². The molecule has 5 aliphatic rings. The standard InChI is InChI=1S/C26H48N6O2/c1-17-15-19(5-8-22(17)24(27)31-12-9-20(33)10-13-31)30-25-26-29-16-23(32(26)14-11-28-25)18-3-6-21(34-2)7-4-18/h17-23,25-30,33H,3-16H2,1-2H3. The van der Waals surface area contributed by atoms with Gasteiger partial charge in [0.15, 0.2) is 0 Å². The van der Waals surface area contributed by atoms with Crippen molar-refractivity contribution in [3.05, 3.63) is 0 Å². The van der Waals surface area contributed by atoms with Gasteiger partial charge in [0.25, 0.3) is 0 Å². The highest BCUT2D eigenvalue weighted by molar-refractivity contribution is 5.82. The summed E-state index contributed by atoms with van der Waals surface area (Å²) in [5.41, 5.74) is 0. The van der Waals surface area contributed by atoms with Gasteiger partial charge in [-0.05, 0) is 69.6 Å². The number of likely N-dealkylation sites (tertiary alicyclic amines) is 1. The number of hydrogen-bond acceptors (Lipinski definition) is 7. The number of fused-ring (bicyclic) bond motifs is 1. The van der Waals surface area contributed by atoms with Gasteiger partial charge in [0.05, 0.1) is 30.4 Å². The summed E-state index contributed by atoms with van der Waals surface area (Å²) in [5.74, 6) is 2.49. The van der Waals surface area contributed by atoms with E-state index in [2.05, 4.69) is 32.7 Å². The molecule has 8 nitrogen and oxygen atoms in total. The molecule has 34 heavy (non-hydrogen) atoms. The SMILES string of the molecule is COC1CCC(C2CNC3C(NC4CCC(C(=N)N5CCC(O)CC5)C(C)C4)NCCN23)CC1. The zero-order valence-corrected chi connectivity index (χ0v) is 21.3. The van der Waals surface area contributed by atoms with Crippen molar-refractivity contribution in [2.24, 2.45) is 17.8 Å². The van der Waals surface area contributed by atoms with Crippen LogP contribution in [0.2, 0.25) is 0 Å². The van der Waals surface area contributed by atoms with Crippen LogP contribution in [-0.4, -0.2) is 97.2 Å². The van der Waals surface area contributed by atoms with Gasteiger partial charge in [0.1, 0.15) is 0 Å². The third-order valence-corrected chi connectivity index (χ3v) is 9.71. The largest absolute Gasteiger partial charge is 0.393 e. The first-order valence-corrected chi connectivity index (χ1v) is 14.1. The van der Waals surface area contributed by atoms with Crippen LogP contribution in [0, 0.1) is 23.2 Å². The van der Waals surface area contributed by atoms with Crippen molar-refractivity contribution in [3.8, 4) is 0 Å². The number of piperazine rings is 1. The van der Waals surface area contributed by atoms with Gasteiger partial charge >= 0.3 is 0 Å². The summed E-state index contributed by atoms with van der Waals surface area (Å²) in [5, 5.41) is 30.3. The summed E-state index contributed by atoms with van der Waals surface area (Å²) < 4.78 is 5.60. The maximum Gasteiger partial charge on any atom is 0.0992 e. The average molecular weight is 477 g/mol. The van der Waals surface area contributed by atoms with E-state index in [1.165, 1.54) is 25.7 Å². The normalized spacial score (nSPS) is 42.5. The molecular weight excluding hydrogens is 428 g/mol. The Morgan fingerprint density at radius 1 is 1.00 bits per heavy atom. The third kappa shape index (κ3) is 5.32. The molecule has 2 aliphatic carbocycles. The number of aliphatic hydroxyl groups is 1. The van der Waals surface area contributed by atoms with E-state index in [0.29, 0.717) is 42.4 Å². The van der Waals surface area contributed by atoms with Gasteiger partial charge in [-0.3, -0.25) is 26.3 Å². The summed E-state index contributed by atoms with van der Waals surface area (Å²) in [6.07, 6.45) is 11.0. The number of nitrogens with zero attached hydrogens (tertiary/aromatic N) is 2. The van der Waals surface area contributed by atoms with Crippen molar-refractivity contribution in [2.75, 3.05) is 39.8 Å². The van der Waals surface area contributed by atoms with Crippen LogP contribution in [0.4, 0.5) is 0 Å². The van der Waals surface area contributed by atoms with E-state index >= 15 is 0 Å². The van der Waals surface area contributed by atoms with Crippen molar-refractivity contribution in [1.29, 1.82) is 5.41 Å². The summed E-state index contributed by atoms with van der Waals surface area (Å²) in [7, 11) is 1.86. The first kappa shape index (κ1) is 24.9. The molecule has 3 aliphatic heterocycles. The summed E-state index contributed by atoms with van der Waals surface area (Å²) >= 11 is 0. The fourth-order valence-corrected chi connectivity index (χ4v) is 7.60. The lowest BCUT2D eigenvalue weighted by molar-refractivity contribution is 0.0236. The smallest absolute Gasteiger partial charge is 0.0992 e. The minimum Gasteiger partial charge on any atom is -0.393 e. The molecule has 0 aromatic rings. The molecule has 6 atom stereocenters. The Balaban J connectivity index is 1.12. The van der Waals surface area contributed by atoms with E-state index in [4.69, 9.17) is 10.1 Å². The minimum absolute atomic E-state index is 0.173. The highest BCUT2D eigenvalue weighted by Gasteiger charge is 2.45. The van der Waals surface area contributed by atoms with Crippen molar-refractivity contribution in [1.82, 2.24) is 25.8 Å². The van der Waals surface area contributed by atoms with E-state index in [1.54, 1.807) is 0 Å².